The molecule has 1 aliphatic carbocycles. The molecular formula is C20H28IN7O. The van der Waals surface area contributed by atoms with Crippen molar-refractivity contribution >= 4 is 35.9 Å². The molecule has 2 aromatic rings. The molecule has 0 spiro atoms. The Kier molecular flexibility index (Phi) is 7.84. The average molecular weight is 509 g/mol. The van der Waals surface area contributed by atoms with Crippen LogP contribution in [0.15, 0.2) is 41.8 Å². The summed E-state index contributed by atoms with van der Waals surface area (Å²) in [6, 6.07) is 5.77. The number of nitrogens with two attached hydrogens (primary N) is 1. The monoisotopic (exact) mass is 509 g/mol. The van der Waals surface area contributed by atoms with Crippen LogP contribution in [0, 0.1) is 0 Å². The standard InChI is InChI=1S/C20H27N7O.HI/c21-19(26-10-12-27(13-11-26)20-22-8-3-9-23-20)25-15-16-6-7-18(24-14-16)28-17-4-1-2-5-17;/h3,6-9,14,17H,1-2,4-5,10-13,15H2,(H2,21,25);1H. The van der Waals surface area contributed by atoms with E-state index in [0.717, 1.165) is 50.5 Å². The summed E-state index contributed by atoms with van der Waals surface area (Å²) in [6.45, 7) is 3.79. The molecule has 0 bridgehead atoms. The highest BCUT2D eigenvalue weighted by Crippen LogP contribution is 2.23. The summed E-state index contributed by atoms with van der Waals surface area (Å²) >= 11 is 0. The van der Waals surface area contributed by atoms with Crippen LogP contribution in [-0.4, -0.2) is 58.1 Å². The van der Waals surface area contributed by atoms with Crippen molar-refractivity contribution in [1.29, 1.82) is 0 Å². The van der Waals surface area contributed by atoms with Crippen LogP contribution in [0.2, 0.25) is 0 Å². The summed E-state index contributed by atoms with van der Waals surface area (Å²) in [5.41, 5.74) is 7.23. The number of ether oxygens (including phenoxy) is 1. The second kappa shape index (κ2) is 10.6. The van der Waals surface area contributed by atoms with E-state index in [0.29, 0.717) is 24.5 Å². The van der Waals surface area contributed by atoms with Crippen LogP contribution in [0.3, 0.4) is 0 Å². The number of hydrogen-bond donors (Lipinski definition) is 1. The number of pyridine rings is 1. The number of halogens is 1. The fourth-order valence-corrected chi connectivity index (χ4v) is 3.61. The Labute approximate surface area is 188 Å². The van der Waals surface area contributed by atoms with Gasteiger partial charge in [-0.15, -0.1) is 24.0 Å². The number of anilines is 1. The summed E-state index contributed by atoms with van der Waals surface area (Å²) in [7, 11) is 0. The largest absolute Gasteiger partial charge is 0.474 e. The Morgan fingerprint density at radius 2 is 1.79 bits per heavy atom. The van der Waals surface area contributed by atoms with Gasteiger partial charge in [0.25, 0.3) is 0 Å². The van der Waals surface area contributed by atoms with Crippen molar-refractivity contribution in [2.45, 2.75) is 38.3 Å². The maximum absolute atomic E-state index is 6.20. The molecule has 8 nitrogen and oxygen atoms in total. The molecule has 1 saturated heterocycles. The van der Waals surface area contributed by atoms with Crippen LogP contribution in [0.1, 0.15) is 31.2 Å². The molecule has 156 valence electrons. The lowest BCUT2D eigenvalue weighted by atomic mass is 10.3. The highest BCUT2D eigenvalue weighted by atomic mass is 127. The van der Waals surface area contributed by atoms with Crippen LogP contribution in [-0.2, 0) is 6.54 Å². The minimum Gasteiger partial charge on any atom is -0.474 e. The lowest BCUT2D eigenvalue weighted by Gasteiger charge is -2.35. The summed E-state index contributed by atoms with van der Waals surface area (Å²) in [6.07, 6.45) is 10.5. The van der Waals surface area contributed by atoms with Crippen LogP contribution in [0.4, 0.5) is 5.95 Å². The highest BCUT2D eigenvalue weighted by molar-refractivity contribution is 14.0. The van der Waals surface area contributed by atoms with Crippen molar-refractivity contribution in [3.05, 3.63) is 42.4 Å². The van der Waals surface area contributed by atoms with Crippen LogP contribution in [0.5, 0.6) is 5.88 Å². The van der Waals surface area contributed by atoms with Crippen LogP contribution in [0.25, 0.3) is 0 Å². The molecule has 2 aliphatic rings. The summed E-state index contributed by atoms with van der Waals surface area (Å²) in [4.78, 5) is 21.8. The number of guanidine groups is 1. The maximum atomic E-state index is 6.20. The maximum Gasteiger partial charge on any atom is 0.225 e. The number of aliphatic imine (C=N–C) groups is 1. The first-order valence-electron chi connectivity index (χ1n) is 9.96. The van der Waals surface area contributed by atoms with Crippen molar-refractivity contribution < 1.29 is 4.74 Å². The smallest absolute Gasteiger partial charge is 0.225 e. The predicted octanol–water partition coefficient (Wildman–Crippen LogP) is 2.45. The third kappa shape index (κ3) is 5.91. The second-order valence-electron chi connectivity index (χ2n) is 7.23. The number of hydrogen-bond acceptors (Lipinski definition) is 6. The quantitative estimate of drug-likeness (QED) is 0.376. The predicted molar refractivity (Wildman–Crippen MR) is 124 cm³/mol. The summed E-state index contributed by atoms with van der Waals surface area (Å²) in [5.74, 6) is 2.04. The Balaban J connectivity index is 0.00000240. The first kappa shape index (κ1) is 21.5. The number of nitrogens with zero attached hydrogens (tertiary/aromatic N) is 6. The van der Waals surface area contributed by atoms with Crippen LogP contribution >= 0.6 is 24.0 Å². The molecular weight excluding hydrogens is 481 g/mol. The topological polar surface area (TPSA) is 92.8 Å². The van der Waals surface area contributed by atoms with Gasteiger partial charge in [0.05, 0.1) is 6.54 Å². The van der Waals surface area contributed by atoms with Crippen molar-refractivity contribution in [3.8, 4) is 5.88 Å². The lowest BCUT2D eigenvalue weighted by molar-refractivity contribution is 0.201. The molecule has 2 fully saturated rings. The molecule has 1 saturated carbocycles. The van der Waals surface area contributed by atoms with Crippen LogP contribution < -0.4 is 15.4 Å². The molecule has 0 unspecified atom stereocenters. The van der Waals surface area contributed by atoms with E-state index in [1.165, 1.54) is 12.8 Å². The Hall–Kier alpha value is -2.17. The van der Waals surface area contributed by atoms with Gasteiger partial charge in [0.1, 0.15) is 6.10 Å². The lowest BCUT2D eigenvalue weighted by Crippen LogP contribution is -2.51. The average Bonchev–Trinajstić information content (AvgIpc) is 3.27. The van der Waals surface area contributed by atoms with E-state index >= 15 is 0 Å². The summed E-state index contributed by atoms with van der Waals surface area (Å²) in [5, 5.41) is 0. The zero-order valence-corrected chi connectivity index (χ0v) is 18.8. The number of piperazine rings is 1. The van der Waals surface area contributed by atoms with Gasteiger partial charge in [-0.1, -0.05) is 6.07 Å². The highest BCUT2D eigenvalue weighted by Gasteiger charge is 2.20. The summed E-state index contributed by atoms with van der Waals surface area (Å²) < 4.78 is 5.90. The van der Waals surface area contributed by atoms with Gasteiger partial charge in [-0.2, -0.15) is 0 Å². The zero-order chi connectivity index (χ0) is 19.2. The van der Waals surface area contributed by atoms with Gasteiger partial charge in [-0.05, 0) is 37.3 Å². The first-order valence-corrected chi connectivity index (χ1v) is 9.96. The minimum absolute atomic E-state index is 0. The Bertz CT molecular complexity index is 773. The normalized spacial score (nSPS) is 17.9. The third-order valence-corrected chi connectivity index (χ3v) is 5.25. The zero-order valence-electron chi connectivity index (χ0n) is 16.5. The molecule has 0 amide bonds. The van der Waals surface area contributed by atoms with Gasteiger partial charge in [0.15, 0.2) is 5.96 Å². The fraction of sp³-hybridized carbons (Fsp3) is 0.500. The van der Waals surface area contributed by atoms with Gasteiger partial charge < -0.3 is 20.3 Å². The molecule has 0 aromatic carbocycles. The second-order valence-corrected chi connectivity index (χ2v) is 7.23. The molecule has 29 heavy (non-hydrogen) atoms. The van der Waals surface area contributed by atoms with E-state index in [4.69, 9.17) is 10.5 Å². The van der Waals surface area contributed by atoms with Crippen molar-refractivity contribution in [1.82, 2.24) is 19.9 Å². The molecule has 3 heterocycles. The van der Waals surface area contributed by atoms with E-state index in [1.807, 2.05) is 24.4 Å². The van der Waals surface area contributed by atoms with Crippen molar-refractivity contribution in [2.75, 3.05) is 31.1 Å². The van der Waals surface area contributed by atoms with E-state index in [9.17, 15) is 0 Å². The van der Waals surface area contributed by atoms with Gasteiger partial charge in [-0.3, -0.25) is 0 Å². The first-order chi connectivity index (χ1) is 13.8. The van der Waals surface area contributed by atoms with Gasteiger partial charge >= 0.3 is 0 Å². The molecule has 0 radical (unpaired) electrons. The molecule has 2 aromatic heterocycles. The molecule has 2 N–H and O–H groups in total. The molecule has 9 heteroatoms. The van der Waals surface area contributed by atoms with E-state index in [2.05, 4.69) is 29.7 Å². The number of rotatable bonds is 5. The Morgan fingerprint density at radius 3 is 2.45 bits per heavy atom. The SMILES string of the molecule is I.NC(=NCc1ccc(OC2CCCC2)nc1)N1CCN(c2ncccn2)CC1. The Morgan fingerprint density at radius 1 is 1.07 bits per heavy atom. The van der Waals surface area contributed by atoms with E-state index in [-0.39, 0.29) is 24.0 Å². The van der Waals surface area contributed by atoms with Gasteiger partial charge in [0.2, 0.25) is 11.8 Å². The number of aromatic nitrogens is 3. The molecule has 4 rings (SSSR count). The van der Waals surface area contributed by atoms with E-state index < -0.39 is 0 Å². The van der Waals surface area contributed by atoms with Crippen molar-refractivity contribution in [2.24, 2.45) is 10.7 Å². The fourth-order valence-electron chi connectivity index (χ4n) is 3.61. The molecule has 0 atom stereocenters. The van der Waals surface area contributed by atoms with Gasteiger partial charge in [-0.25, -0.2) is 19.9 Å². The van der Waals surface area contributed by atoms with Gasteiger partial charge in [0, 0.05) is 50.8 Å². The molecule has 1 aliphatic heterocycles. The third-order valence-electron chi connectivity index (χ3n) is 5.25. The van der Waals surface area contributed by atoms with Crippen molar-refractivity contribution in [3.63, 3.8) is 0 Å². The minimum atomic E-state index is 0. The van der Waals surface area contributed by atoms with E-state index in [1.54, 1.807) is 12.4 Å².